The molecule has 2 N–H and O–H groups in total. The molecule has 0 unspecified atom stereocenters. The van der Waals surface area contributed by atoms with Crippen molar-refractivity contribution in [3.63, 3.8) is 0 Å². The molecule has 0 aliphatic carbocycles. The van der Waals surface area contributed by atoms with Gasteiger partial charge in [-0.1, -0.05) is 0 Å². The van der Waals surface area contributed by atoms with E-state index in [1.165, 1.54) is 0 Å². The fourth-order valence-corrected chi connectivity index (χ4v) is 2.01. The molecule has 1 aromatic rings. The zero-order valence-electron chi connectivity index (χ0n) is 11.0. The van der Waals surface area contributed by atoms with Gasteiger partial charge in [-0.05, 0) is 32.3 Å². The number of methoxy groups -OCH3 is 1. The molecule has 0 bridgehead atoms. The monoisotopic (exact) mass is 249 g/mol. The SMILES string of the molecule is COc1ccc(N)cc1C(=O)N1CC(N(C)C)C1. The summed E-state index contributed by atoms with van der Waals surface area (Å²) in [5, 5.41) is 0. The largest absolute Gasteiger partial charge is 0.496 e. The van der Waals surface area contributed by atoms with Gasteiger partial charge in [-0.3, -0.25) is 4.79 Å². The first-order valence-corrected chi connectivity index (χ1v) is 5.92. The number of hydrogen-bond acceptors (Lipinski definition) is 4. The molecule has 1 saturated heterocycles. The molecule has 0 saturated carbocycles. The maximum absolute atomic E-state index is 12.3. The van der Waals surface area contributed by atoms with Crippen LogP contribution in [0.3, 0.4) is 0 Å². The summed E-state index contributed by atoms with van der Waals surface area (Å²) in [4.78, 5) is 16.2. The lowest BCUT2D eigenvalue weighted by atomic mass is 10.0. The molecular weight excluding hydrogens is 230 g/mol. The standard InChI is InChI=1S/C13H19N3O2/c1-15(2)10-7-16(8-10)13(17)11-6-9(14)4-5-12(11)18-3/h4-6,10H,7-8,14H2,1-3H3. The van der Waals surface area contributed by atoms with Crippen molar-refractivity contribution < 1.29 is 9.53 Å². The molecule has 0 radical (unpaired) electrons. The minimum absolute atomic E-state index is 0.0164. The van der Waals surface area contributed by atoms with Gasteiger partial charge in [0.15, 0.2) is 0 Å². The van der Waals surface area contributed by atoms with Crippen molar-refractivity contribution in [2.24, 2.45) is 0 Å². The second-order valence-corrected chi connectivity index (χ2v) is 4.79. The number of hydrogen-bond donors (Lipinski definition) is 1. The van der Waals surface area contributed by atoms with Crippen LogP contribution in [0.15, 0.2) is 18.2 Å². The van der Waals surface area contributed by atoms with Crippen LogP contribution in [0.5, 0.6) is 5.75 Å². The fourth-order valence-electron chi connectivity index (χ4n) is 2.01. The summed E-state index contributed by atoms with van der Waals surface area (Å²) < 4.78 is 5.20. The molecule has 1 amide bonds. The van der Waals surface area contributed by atoms with Gasteiger partial charge in [-0.15, -0.1) is 0 Å². The quantitative estimate of drug-likeness (QED) is 0.800. The predicted octanol–water partition coefficient (Wildman–Crippen LogP) is 0.663. The maximum atomic E-state index is 12.3. The number of rotatable bonds is 3. The molecule has 1 heterocycles. The molecule has 5 heteroatoms. The summed E-state index contributed by atoms with van der Waals surface area (Å²) in [6, 6.07) is 5.57. The Bertz CT molecular complexity index is 454. The minimum atomic E-state index is -0.0164. The summed E-state index contributed by atoms with van der Waals surface area (Å²) in [7, 11) is 5.60. The smallest absolute Gasteiger partial charge is 0.257 e. The Balaban J connectivity index is 2.13. The highest BCUT2D eigenvalue weighted by atomic mass is 16.5. The van der Waals surface area contributed by atoms with Crippen molar-refractivity contribution >= 4 is 11.6 Å². The van der Waals surface area contributed by atoms with E-state index in [4.69, 9.17) is 10.5 Å². The third-order valence-corrected chi connectivity index (χ3v) is 3.33. The first-order chi connectivity index (χ1) is 8.52. The Kier molecular flexibility index (Phi) is 3.43. The lowest BCUT2D eigenvalue weighted by Crippen LogP contribution is -2.59. The van der Waals surface area contributed by atoms with Crippen LogP contribution in [0.4, 0.5) is 5.69 Å². The molecule has 2 rings (SSSR count). The number of amides is 1. The molecule has 0 atom stereocenters. The summed E-state index contributed by atoms with van der Waals surface area (Å²) in [6.07, 6.45) is 0. The molecule has 5 nitrogen and oxygen atoms in total. The highest BCUT2D eigenvalue weighted by Crippen LogP contribution is 2.25. The summed E-state index contributed by atoms with van der Waals surface area (Å²) in [5.74, 6) is 0.555. The third kappa shape index (κ3) is 2.26. The average molecular weight is 249 g/mol. The Labute approximate surface area is 107 Å². The van der Waals surface area contributed by atoms with Gasteiger partial charge in [0.1, 0.15) is 5.75 Å². The highest BCUT2D eigenvalue weighted by molar-refractivity contribution is 5.98. The van der Waals surface area contributed by atoms with Gasteiger partial charge in [-0.2, -0.15) is 0 Å². The van der Waals surface area contributed by atoms with E-state index >= 15 is 0 Å². The van der Waals surface area contributed by atoms with Crippen molar-refractivity contribution in [3.8, 4) is 5.75 Å². The lowest BCUT2D eigenvalue weighted by molar-refractivity contribution is 0.0396. The van der Waals surface area contributed by atoms with E-state index in [-0.39, 0.29) is 5.91 Å². The van der Waals surface area contributed by atoms with Gasteiger partial charge in [0.25, 0.3) is 5.91 Å². The topological polar surface area (TPSA) is 58.8 Å². The average Bonchev–Trinajstić information content (AvgIpc) is 2.26. The van der Waals surface area contributed by atoms with Crippen molar-refractivity contribution in [2.45, 2.75) is 6.04 Å². The molecule has 0 aromatic heterocycles. The molecule has 0 spiro atoms. The molecule has 1 aliphatic rings. The number of anilines is 1. The van der Waals surface area contributed by atoms with Crippen LogP contribution in [0.1, 0.15) is 10.4 Å². The van der Waals surface area contributed by atoms with Crippen LogP contribution in [0, 0.1) is 0 Å². The van der Waals surface area contributed by atoms with Crippen LogP contribution in [-0.2, 0) is 0 Å². The number of carbonyl (C=O) groups is 1. The molecule has 1 aromatic carbocycles. The van der Waals surface area contributed by atoms with E-state index in [9.17, 15) is 4.79 Å². The third-order valence-electron chi connectivity index (χ3n) is 3.33. The van der Waals surface area contributed by atoms with Gasteiger partial charge in [-0.25, -0.2) is 0 Å². The van der Waals surface area contributed by atoms with Crippen molar-refractivity contribution in [2.75, 3.05) is 40.0 Å². The Morgan fingerprint density at radius 1 is 1.44 bits per heavy atom. The van der Waals surface area contributed by atoms with Crippen LogP contribution >= 0.6 is 0 Å². The highest BCUT2D eigenvalue weighted by Gasteiger charge is 2.33. The van der Waals surface area contributed by atoms with Crippen molar-refractivity contribution in [1.82, 2.24) is 9.80 Å². The molecule has 98 valence electrons. The molecule has 18 heavy (non-hydrogen) atoms. The van der Waals surface area contributed by atoms with E-state index < -0.39 is 0 Å². The summed E-state index contributed by atoms with van der Waals surface area (Å²) in [6.45, 7) is 1.51. The number of likely N-dealkylation sites (tertiary alicyclic amines) is 1. The zero-order valence-corrected chi connectivity index (χ0v) is 11.0. The van der Waals surface area contributed by atoms with Crippen LogP contribution < -0.4 is 10.5 Å². The summed E-state index contributed by atoms with van der Waals surface area (Å²) >= 11 is 0. The fraction of sp³-hybridized carbons (Fsp3) is 0.462. The van der Waals surface area contributed by atoms with Gasteiger partial charge < -0.3 is 20.3 Å². The number of likely N-dealkylation sites (N-methyl/N-ethyl adjacent to an activating group) is 1. The van der Waals surface area contributed by atoms with Crippen molar-refractivity contribution in [1.29, 1.82) is 0 Å². The lowest BCUT2D eigenvalue weighted by Gasteiger charge is -2.42. The van der Waals surface area contributed by atoms with Crippen molar-refractivity contribution in [3.05, 3.63) is 23.8 Å². The Morgan fingerprint density at radius 2 is 2.11 bits per heavy atom. The maximum Gasteiger partial charge on any atom is 0.257 e. The van der Waals surface area contributed by atoms with Crippen LogP contribution in [-0.4, -0.2) is 56.0 Å². The summed E-state index contributed by atoms with van der Waals surface area (Å²) in [5.41, 5.74) is 6.83. The van der Waals surface area contributed by atoms with E-state index in [1.807, 2.05) is 19.0 Å². The number of ether oxygens (including phenoxy) is 1. The van der Waals surface area contributed by atoms with E-state index in [2.05, 4.69) is 4.90 Å². The number of nitrogens with two attached hydrogens (primary N) is 1. The molecule has 1 aliphatic heterocycles. The van der Waals surface area contributed by atoms with E-state index in [0.717, 1.165) is 13.1 Å². The molecular formula is C13H19N3O2. The number of nitrogen functional groups attached to an aromatic ring is 1. The Hall–Kier alpha value is -1.75. The van der Waals surface area contributed by atoms with Gasteiger partial charge in [0, 0.05) is 24.8 Å². The zero-order chi connectivity index (χ0) is 13.3. The van der Waals surface area contributed by atoms with Gasteiger partial charge in [0.05, 0.1) is 12.7 Å². The number of benzene rings is 1. The normalized spacial score (nSPS) is 15.7. The number of nitrogens with zero attached hydrogens (tertiary/aromatic N) is 2. The van der Waals surface area contributed by atoms with Gasteiger partial charge >= 0.3 is 0 Å². The Morgan fingerprint density at radius 3 is 2.67 bits per heavy atom. The van der Waals surface area contributed by atoms with E-state index in [1.54, 1.807) is 25.3 Å². The van der Waals surface area contributed by atoms with Crippen LogP contribution in [0.25, 0.3) is 0 Å². The van der Waals surface area contributed by atoms with Gasteiger partial charge in [0.2, 0.25) is 0 Å². The van der Waals surface area contributed by atoms with Crippen LogP contribution in [0.2, 0.25) is 0 Å². The molecule has 1 fully saturated rings. The second kappa shape index (κ2) is 4.86. The predicted molar refractivity (Wildman–Crippen MR) is 70.8 cm³/mol. The first-order valence-electron chi connectivity index (χ1n) is 5.92. The number of carbonyl (C=O) groups excluding carboxylic acids is 1. The van der Waals surface area contributed by atoms with E-state index in [0.29, 0.717) is 23.0 Å². The second-order valence-electron chi connectivity index (χ2n) is 4.79. The first kappa shape index (κ1) is 12.7. The minimum Gasteiger partial charge on any atom is -0.496 e.